The number of sulfonamides is 1. The molecule has 170 valence electrons. The molecule has 1 saturated carbocycles. The lowest BCUT2D eigenvalue weighted by atomic mass is 9.58. The molecule has 2 aromatic heterocycles. The second-order valence-corrected chi connectivity index (χ2v) is 10.9. The molecule has 32 heavy (non-hydrogen) atoms. The van der Waals surface area contributed by atoms with Gasteiger partial charge in [0.25, 0.3) is 0 Å². The lowest BCUT2D eigenvalue weighted by Gasteiger charge is -2.50. The number of nitrogens with zero attached hydrogens (tertiary/aromatic N) is 4. The van der Waals surface area contributed by atoms with E-state index in [2.05, 4.69) is 32.4 Å². The Morgan fingerprint density at radius 1 is 1.22 bits per heavy atom. The van der Waals surface area contributed by atoms with E-state index in [0.29, 0.717) is 6.54 Å². The average Bonchev–Trinajstić information content (AvgIpc) is 3.36. The summed E-state index contributed by atoms with van der Waals surface area (Å²) in [6, 6.07) is 8.34. The number of aryl methyl sites for hydroxylation is 1. The maximum atomic E-state index is 12.5. The summed E-state index contributed by atoms with van der Waals surface area (Å²) in [6.07, 6.45) is 9.09. The molecule has 3 aromatic rings. The number of nitrogens with one attached hydrogen (secondary N) is 2. The van der Waals surface area contributed by atoms with E-state index in [1.807, 2.05) is 23.0 Å². The van der Waals surface area contributed by atoms with Crippen molar-refractivity contribution in [3.8, 4) is 0 Å². The van der Waals surface area contributed by atoms with Crippen molar-refractivity contribution in [2.75, 3.05) is 13.1 Å². The van der Waals surface area contributed by atoms with Crippen LogP contribution in [0.3, 0.4) is 0 Å². The summed E-state index contributed by atoms with van der Waals surface area (Å²) in [5.41, 5.74) is 3.71. The van der Waals surface area contributed by atoms with E-state index in [4.69, 9.17) is 11.6 Å². The second-order valence-electron chi connectivity index (χ2n) is 8.68. The molecule has 1 fully saturated rings. The molecule has 10 heteroatoms. The van der Waals surface area contributed by atoms with Crippen LogP contribution in [0.15, 0.2) is 47.8 Å². The minimum Gasteiger partial charge on any atom is -0.308 e. The van der Waals surface area contributed by atoms with Crippen molar-refractivity contribution in [1.82, 2.24) is 29.6 Å². The van der Waals surface area contributed by atoms with Gasteiger partial charge in [-0.15, -0.1) is 0 Å². The fourth-order valence-electron chi connectivity index (χ4n) is 5.03. The monoisotopic (exact) mass is 474 g/mol. The Kier molecular flexibility index (Phi) is 5.61. The maximum absolute atomic E-state index is 12.5. The molecular formula is C22H27ClN6O2S. The normalized spacial score (nSPS) is 20.0. The molecule has 1 aliphatic carbocycles. The van der Waals surface area contributed by atoms with Crippen LogP contribution in [0.4, 0.5) is 0 Å². The summed E-state index contributed by atoms with van der Waals surface area (Å²) in [4.78, 5) is 0.165. The largest absolute Gasteiger partial charge is 0.308 e. The highest BCUT2D eigenvalue weighted by Crippen LogP contribution is 2.53. The van der Waals surface area contributed by atoms with Crippen LogP contribution < -0.4 is 10.0 Å². The van der Waals surface area contributed by atoms with E-state index in [1.165, 1.54) is 40.3 Å². The van der Waals surface area contributed by atoms with Gasteiger partial charge in [-0.1, -0.05) is 30.2 Å². The Balaban J connectivity index is 1.38. The van der Waals surface area contributed by atoms with E-state index in [0.717, 1.165) is 30.8 Å². The smallest absolute Gasteiger partial charge is 0.243 e. The zero-order chi connectivity index (χ0) is 22.3. The second kappa shape index (κ2) is 8.30. The molecule has 8 nitrogen and oxygen atoms in total. The van der Waals surface area contributed by atoms with Gasteiger partial charge in [0.1, 0.15) is 4.90 Å². The Labute approximate surface area is 193 Å². The first-order valence-electron chi connectivity index (χ1n) is 10.9. The van der Waals surface area contributed by atoms with Crippen molar-refractivity contribution in [3.63, 3.8) is 0 Å². The van der Waals surface area contributed by atoms with Gasteiger partial charge < -0.3 is 5.32 Å². The first kappa shape index (κ1) is 21.6. The van der Waals surface area contributed by atoms with E-state index in [1.54, 1.807) is 7.05 Å². The summed E-state index contributed by atoms with van der Waals surface area (Å²) in [7, 11) is -1.91. The topological polar surface area (TPSA) is 93.8 Å². The molecule has 0 saturated heterocycles. The van der Waals surface area contributed by atoms with Crippen LogP contribution in [0.5, 0.6) is 0 Å². The van der Waals surface area contributed by atoms with Crippen molar-refractivity contribution in [2.45, 2.75) is 48.6 Å². The van der Waals surface area contributed by atoms with Gasteiger partial charge in [0.15, 0.2) is 0 Å². The minimum absolute atomic E-state index is 0.00670. The quantitative estimate of drug-likeness (QED) is 0.549. The average molecular weight is 475 g/mol. The Hall–Kier alpha value is -2.20. The molecule has 1 aromatic carbocycles. The summed E-state index contributed by atoms with van der Waals surface area (Å²) >= 11 is 6.15. The molecule has 0 bridgehead atoms. The van der Waals surface area contributed by atoms with Crippen molar-refractivity contribution in [1.29, 1.82) is 0 Å². The van der Waals surface area contributed by atoms with Crippen LogP contribution in [0.25, 0.3) is 0 Å². The predicted molar refractivity (Wildman–Crippen MR) is 122 cm³/mol. The number of fused-ring (bicyclic) bond motifs is 1. The van der Waals surface area contributed by atoms with Crippen LogP contribution >= 0.6 is 11.6 Å². The van der Waals surface area contributed by atoms with Crippen LogP contribution in [0.1, 0.15) is 42.1 Å². The highest BCUT2D eigenvalue weighted by molar-refractivity contribution is 7.89. The molecule has 2 aliphatic rings. The third kappa shape index (κ3) is 3.77. The number of hydrogen-bond donors (Lipinski definition) is 2. The lowest BCUT2D eigenvalue weighted by molar-refractivity contribution is 0.157. The first-order chi connectivity index (χ1) is 15.4. The fourth-order valence-corrected chi connectivity index (χ4v) is 6.16. The molecule has 1 aliphatic heterocycles. The van der Waals surface area contributed by atoms with Gasteiger partial charge >= 0.3 is 0 Å². The maximum Gasteiger partial charge on any atom is 0.243 e. The third-order valence-electron chi connectivity index (χ3n) is 6.80. The Bertz CT molecular complexity index is 1210. The number of benzene rings is 1. The molecule has 1 unspecified atom stereocenters. The van der Waals surface area contributed by atoms with Crippen LogP contribution in [-0.4, -0.2) is 41.1 Å². The van der Waals surface area contributed by atoms with E-state index >= 15 is 0 Å². The SMILES string of the molecule is Cn1cc(S(=O)(=O)NCCn2ncc3c2C(C2(c4ccc(Cl)cc4)CCC2)NCC3)cn1. The summed E-state index contributed by atoms with van der Waals surface area (Å²) in [6.45, 7) is 1.63. The standard InChI is InChI=1S/C22H27ClN6O2S/c1-28-15-19(14-25-28)32(30,31)27-11-12-29-20-16(13-26-29)7-10-24-21(20)22(8-2-9-22)17-3-5-18(23)6-4-17/h3-6,13-15,21,24,27H,2,7-12H2,1H3. The van der Waals surface area contributed by atoms with Gasteiger partial charge in [0, 0.05) is 30.2 Å². The summed E-state index contributed by atoms with van der Waals surface area (Å²) < 4.78 is 31.2. The van der Waals surface area contributed by atoms with Crippen LogP contribution in [0.2, 0.25) is 5.02 Å². The predicted octanol–water partition coefficient (Wildman–Crippen LogP) is 2.56. The number of halogens is 1. The van der Waals surface area contributed by atoms with E-state index in [-0.39, 0.29) is 22.9 Å². The van der Waals surface area contributed by atoms with Gasteiger partial charge in [-0.2, -0.15) is 10.2 Å². The number of aromatic nitrogens is 4. The first-order valence-corrected chi connectivity index (χ1v) is 12.8. The third-order valence-corrected chi connectivity index (χ3v) is 8.47. The van der Waals surface area contributed by atoms with Crippen molar-refractivity contribution >= 4 is 21.6 Å². The van der Waals surface area contributed by atoms with E-state index < -0.39 is 10.0 Å². The molecule has 2 N–H and O–H groups in total. The molecule has 0 spiro atoms. The molecular weight excluding hydrogens is 448 g/mol. The van der Waals surface area contributed by atoms with Gasteiger partial charge in [0.05, 0.1) is 30.7 Å². The number of rotatable bonds is 7. The van der Waals surface area contributed by atoms with Crippen molar-refractivity contribution < 1.29 is 8.42 Å². The molecule has 0 amide bonds. The van der Waals surface area contributed by atoms with E-state index in [9.17, 15) is 8.42 Å². The molecule has 1 atom stereocenters. The van der Waals surface area contributed by atoms with Gasteiger partial charge in [-0.3, -0.25) is 9.36 Å². The molecule has 5 rings (SSSR count). The van der Waals surface area contributed by atoms with Crippen LogP contribution in [-0.2, 0) is 35.5 Å². The summed E-state index contributed by atoms with van der Waals surface area (Å²) in [5, 5.41) is 13.1. The lowest BCUT2D eigenvalue weighted by Crippen LogP contribution is -2.50. The highest BCUT2D eigenvalue weighted by Gasteiger charge is 2.48. The molecule has 3 heterocycles. The zero-order valence-electron chi connectivity index (χ0n) is 18.0. The zero-order valence-corrected chi connectivity index (χ0v) is 19.5. The summed E-state index contributed by atoms with van der Waals surface area (Å²) in [5.74, 6) is 0. The Morgan fingerprint density at radius 3 is 2.66 bits per heavy atom. The Morgan fingerprint density at radius 2 is 2.00 bits per heavy atom. The van der Waals surface area contributed by atoms with Crippen molar-refractivity contribution in [2.24, 2.45) is 7.05 Å². The van der Waals surface area contributed by atoms with Crippen molar-refractivity contribution in [3.05, 3.63) is 64.7 Å². The van der Waals surface area contributed by atoms with Gasteiger partial charge in [0.2, 0.25) is 10.0 Å². The van der Waals surface area contributed by atoms with Gasteiger partial charge in [-0.05, 0) is 49.1 Å². The minimum atomic E-state index is -3.60. The van der Waals surface area contributed by atoms with Gasteiger partial charge in [-0.25, -0.2) is 13.1 Å². The molecule has 0 radical (unpaired) electrons. The highest BCUT2D eigenvalue weighted by atomic mass is 35.5. The number of hydrogen-bond acceptors (Lipinski definition) is 5. The van der Waals surface area contributed by atoms with Crippen LogP contribution in [0, 0.1) is 0 Å². The fraction of sp³-hybridized carbons (Fsp3) is 0.455.